The lowest BCUT2D eigenvalue weighted by Crippen LogP contribution is -2.26. The summed E-state index contributed by atoms with van der Waals surface area (Å²) in [6.45, 7) is 6.65. The fourth-order valence-electron chi connectivity index (χ4n) is 1.23. The first-order chi connectivity index (χ1) is 6.62. The summed E-state index contributed by atoms with van der Waals surface area (Å²) in [4.78, 5) is 3.10. The topological polar surface area (TPSA) is 22.8 Å². The second-order valence-corrected chi connectivity index (χ2v) is 2.73. The van der Waals surface area contributed by atoms with Gasteiger partial charge in [0, 0.05) is 0 Å². The van der Waals surface area contributed by atoms with Crippen LogP contribution in [0.25, 0.3) is 4.85 Å². The molecule has 0 unspecified atom stereocenters. The molecule has 0 saturated carbocycles. The van der Waals surface area contributed by atoms with Crippen molar-refractivity contribution in [3.63, 3.8) is 0 Å². The molecule has 1 heterocycles. The average molecular weight is 197 g/mol. The van der Waals surface area contributed by atoms with Crippen LogP contribution in [-0.4, -0.2) is 6.29 Å². The maximum Gasteiger partial charge on any atom is 0.586 e. The molecule has 1 aliphatic heterocycles. The molecule has 0 N–H and O–H groups in total. The Balaban J connectivity index is 2.42. The molecule has 5 heteroatoms. The molecule has 72 valence electrons. The predicted octanol–water partition coefficient (Wildman–Crippen LogP) is 2.43. The summed E-state index contributed by atoms with van der Waals surface area (Å²) in [5, 5.41) is 0. The molecule has 1 aromatic carbocycles. The van der Waals surface area contributed by atoms with E-state index in [1.54, 1.807) is 12.1 Å². The summed E-state index contributed by atoms with van der Waals surface area (Å²) in [5.74, 6) is -0.0512. The highest BCUT2D eigenvalue weighted by Gasteiger charge is 2.44. The Morgan fingerprint density at radius 3 is 2.86 bits per heavy atom. The summed E-state index contributed by atoms with van der Waals surface area (Å²) < 4.78 is 33.8. The number of rotatable bonds is 1. The first kappa shape index (κ1) is 8.75. The Hall–Kier alpha value is -1.83. The maximum atomic E-state index is 12.6. The highest BCUT2D eigenvalue weighted by atomic mass is 19.3. The number of halogens is 2. The molecule has 0 radical (unpaired) electrons. The fraction of sp³-hybridized carbons (Fsp3) is 0.222. The number of nitrogens with zero attached hydrogens (tertiary/aromatic N) is 1. The summed E-state index contributed by atoms with van der Waals surface area (Å²) in [7, 11) is 0. The van der Waals surface area contributed by atoms with E-state index in [-0.39, 0.29) is 18.0 Å². The lowest BCUT2D eigenvalue weighted by molar-refractivity contribution is -0.286. The number of hydrogen-bond acceptors (Lipinski definition) is 2. The maximum absolute atomic E-state index is 12.6. The van der Waals surface area contributed by atoms with Gasteiger partial charge < -0.3 is 14.3 Å². The van der Waals surface area contributed by atoms with Gasteiger partial charge in [-0.1, -0.05) is 6.07 Å². The van der Waals surface area contributed by atoms with E-state index < -0.39 is 6.29 Å². The summed E-state index contributed by atoms with van der Waals surface area (Å²) in [6, 6.07) is 4.48. The van der Waals surface area contributed by atoms with E-state index in [1.807, 2.05) is 0 Å². The first-order valence-corrected chi connectivity index (χ1v) is 3.83. The van der Waals surface area contributed by atoms with E-state index in [0.717, 1.165) is 0 Å². The molecule has 0 atom stereocenters. The molecular formula is C9H5F2NO2. The van der Waals surface area contributed by atoms with E-state index in [1.165, 1.54) is 6.07 Å². The Morgan fingerprint density at radius 2 is 2.14 bits per heavy atom. The third-order valence-corrected chi connectivity index (χ3v) is 1.76. The van der Waals surface area contributed by atoms with E-state index in [2.05, 4.69) is 14.3 Å². The molecule has 0 bridgehead atoms. The Bertz CT molecular complexity index is 412. The molecule has 0 fully saturated rings. The van der Waals surface area contributed by atoms with Gasteiger partial charge in [-0.05, 0) is 12.1 Å². The molecule has 1 aromatic rings. The van der Waals surface area contributed by atoms with Crippen molar-refractivity contribution in [2.75, 3.05) is 0 Å². The van der Waals surface area contributed by atoms with Crippen molar-refractivity contribution in [3.8, 4) is 11.5 Å². The zero-order chi connectivity index (χ0) is 10.2. The summed E-state index contributed by atoms with van der Waals surface area (Å²) >= 11 is 0. The molecule has 0 aromatic heterocycles. The van der Waals surface area contributed by atoms with Crippen molar-refractivity contribution < 1.29 is 18.3 Å². The number of hydrogen-bond donors (Lipinski definition) is 0. The standard InChI is InChI=1S/C9H5F2NO2/c1-12-5-6-3-2-4-7-8(6)14-9(10,11)13-7/h2-4H,5H2. The number of alkyl halides is 2. The molecule has 1 aliphatic rings. The van der Waals surface area contributed by atoms with Crippen LogP contribution in [0.1, 0.15) is 5.56 Å². The Kier molecular flexibility index (Phi) is 1.78. The van der Waals surface area contributed by atoms with Crippen molar-refractivity contribution in [3.05, 3.63) is 35.2 Å². The number of fused-ring (bicyclic) bond motifs is 1. The van der Waals surface area contributed by atoms with Crippen molar-refractivity contribution in [2.24, 2.45) is 0 Å². The predicted molar refractivity (Wildman–Crippen MR) is 43.0 cm³/mol. The monoisotopic (exact) mass is 197 g/mol. The average Bonchev–Trinajstić information content (AvgIpc) is 2.41. The van der Waals surface area contributed by atoms with Crippen LogP contribution in [0.15, 0.2) is 18.2 Å². The normalized spacial score (nSPS) is 16.4. The number of ether oxygens (including phenoxy) is 2. The van der Waals surface area contributed by atoms with Gasteiger partial charge in [-0.15, -0.1) is 8.78 Å². The minimum absolute atomic E-state index is 0.00259. The van der Waals surface area contributed by atoms with Gasteiger partial charge in [0.2, 0.25) is 6.54 Å². The van der Waals surface area contributed by atoms with Gasteiger partial charge in [0.15, 0.2) is 11.5 Å². The Labute approximate surface area is 78.7 Å². The van der Waals surface area contributed by atoms with Crippen molar-refractivity contribution in [2.45, 2.75) is 12.8 Å². The van der Waals surface area contributed by atoms with Crippen molar-refractivity contribution in [1.29, 1.82) is 0 Å². The zero-order valence-corrected chi connectivity index (χ0v) is 6.96. The zero-order valence-electron chi connectivity index (χ0n) is 6.96. The van der Waals surface area contributed by atoms with Crippen LogP contribution in [0.4, 0.5) is 8.78 Å². The van der Waals surface area contributed by atoms with Gasteiger partial charge in [0.25, 0.3) is 0 Å². The summed E-state index contributed by atoms with van der Waals surface area (Å²) in [6.07, 6.45) is -3.61. The second kappa shape index (κ2) is 2.84. The van der Waals surface area contributed by atoms with Crippen LogP contribution in [0.2, 0.25) is 0 Å². The van der Waals surface area contributed by atoms with Crippen LogP contribution in [0, 0.1) is 6.57 Å². The smallest absolute Gasteiger partial charge is 0.395 e. The van der Waals surface area contributed by atoms with Gasteiger partial charge in [-0.3, -0.25) is 0 Å². The van der Waals surface area contributed by atoms with Crippen LogP contribution in [0.5, 0.6) is 11.5 Å². The summed E-state index contributed by atoms with van der Waals surface area (Å²) in [5.41, 5.74) is 0.412. The minimum atomic E-state index is -3.61. The van der Waals surface area contributed by atoms with E-state index >= 15 is 0 Å². The highest BCUT2D eigenvalue weighted by Crippen LogP contribution is 2.43. The molecule has 0 amide bonds. The molecule has 14 heavy (non-hydrogen) atoms. The van der Waals surface area contributed by atoms with Gasteiger partial charge >= 0.3 is 6.29 Å². The van der Waals surface area contributed by atoms with Gasteiger partial charge in [0.1, 0.15) is 0 Å². The molecule has 0 aliphatic carbocycles. The van der Waals surface area contributed by atoms with Crippen LogP contribution in [0.3, 0.4) is 0 Å². The third kappa shape index (κ3) is 1.35. The Morgan fingerprint density at radius 1 is 1.36 bits per heavy atom. The SMILES string of the molecule is [C-]#[N+]Cc1cccc2c1OC(F)(F)O2. The minimum Gasteiger partial charge on any atom is -0.395 e. The van der Waals surface area contributed by atoms with E-state index in [4.69, 9.17) is 6.57 Å². The van der Waals surface area contributed by atoms with Crippen LogP contribution in [-0.2, 0) is 6.54 Å². The third-order valence-electron chi connectivity index (χ3n) is 1.76. The van der Waals surface area contributed by atoms with Gasteiger partial charge in [-0.2, -0.15) is 0 Å². The molecule has 2 rings (SSSR count). The lowest BCUT2D eigenvalue weighted by Gasteiger charge is -2.04. The number of para-hydroxylation sites is 1. The largest absolute Gasteiger partial charge is 0.586 e. The van der Waals surface area contributed by atoms with Crippen molar-refractivity contribution in [1.82, 2.24) is 0 Å². The lowest BCUT2D eigenvalue weighted by atomic mass is 10.2. The molecule has 3 nitrogen and oxygen atoms in total. The molecule has 0 spiro atoms. The van der Waals surface area contributed by atoms with Crippen LogP contribution < -0.4 is 9.47 Å². The molecule has 0 saturated heterocycles. The van der Waals surface area contributed by atoms with Gasteiger partial charge in [-0.25, -0.2) is 6.57 Å². The first-order valence-electron chi connectivity index (χ1n) is 3.83. The highest BCUT2D eigenvalue weighted by molar-refractivity contribution is 5.49. The number of benzene rings is 1. The van der Waals surface area contributed by atoms with Crippen molar-refractivity contribution >= 4 is 0 Å². The fourth-order valence-corrected chi connectivity index (χ4v) is 1.23. The van der Waals surface area contributed by atoms with Gasteiger partial charge in [0.05, 0.1) is 5.56 Å². The van der Waals surface area contributed by atoms with E-state index in [9.17, 15) is 8.78 Å². The molecular weight excluding hydrogens is 192 g/mol. The van der Waals surface area contributed by atoms with E-state index in [0.29, 0.717) is 5.56 Å². The quantitative estimate of drug-likeness (QED) is 0.645. The van der Waals surface area contributed by atoms with Crippen LogP contribution >= 0.6 is 0 Å². The second-order valence-electron chi connectivity index (χ2n) is 2.73.